The Balaban J connectivity index is 0.000000190. The zero-order valence-electron chi connectivity index (χ0n) is 37.0. The first-order valence-corrected chi connectivity index (χ1v) is 21.6. The van der Waals surface area contributed by atoms with Gasteiger partial charge in [-0.1, -0.05) is 0 Å². The predicted molar refractivity (Wildman–Crippen MR) is 228 cm³/mol. The second kappa shape index (κ2) is 16.8. The fraction of sp³-hybridized carbons (Fsp3) is 0.587. The van der Waals surface area contributed by atoms with E-state index in [-0.39, 0.29) is 52.7 Å². The second-order valence-electron chi connectivity index (χ2n) is 19.7. The Hall–Kier alpha value is -5.85. The first-order chi connectivity index (χ1) is 29.2. The van der Waals surface area contributed by atoms with Gasteiger partial charge in [0.15, 0.2) is 0 Å². The number of hydrogen-bond donors (Lipinski definition) is 1. The van der Waals surface area contributed by atoms with Crippen LogP contribution in [0.1, 0.15) is 112 Å². The Morgan fingerprint density at radius 1 is 0.758 bits per heavy atom. The van der Waals surface area contributed by atoms with E-state index in [4.69, 9.17) is 14.2 Å². The standard InChI is InChI=1S/C25H32N4O5.C21H27N3O4/c1-24(2,3)34-23(33)28-14-25(15-28)8-10-27(11-9-25)17-4-5-18-16(12-17)13-29(22(18)32)19-6-7-20(30)26-21(19)31;1-20(2,3)28-19(26)24-13-21(14-24)7-9-23(10-8-21)16-5-6-17(18(25)27-4)15(11-16)12-22/h4-5,12,19H,6-11,13-15H2,1-3H3,(H,26,30,31);5-6,11H,7-10,13-14H2,1-4H3. The molecule has 0 bridgehead atoms. The van der Waals surface area contributed by atoms with Gasteiger partial charge in [0.25, 0.3) is 5.91 Å². The molecule has 0 aliphatic carbocycles. The molecule has 5 amide bonds. The Labute approximate surface area is 363 Å². The molecule has 62 heavy (non-hydrogen) atoms. The van der Waals surface area contributed by atoms with Gasteiger partial charge in [-0.3, -0.25) is 19.7 Å². The smallest absolute Gasteiger partial charge is 0.410 e. The van der Waals surface area contributed by atoms with E-state index < -0.39 is 23.2 Å². The van der Waals surface area contributed by atoms with Crippen LogP contribution in [-0.4, -0.2) is 127 Å². The van der Waals surface area contributed by atoms with Crippen LogP contribution in [0, 0.1) is 22.2 Å². The molecule has 2 spiro atoms. The van der Waals surface area contributed by atoms with Crippen molar-refractivity contribution in [2.45, 2.75) is 104 Å². The molecule has 332 valence electrons. The number of ether oxygens (including phenoxy) is 3. The van der Waals surface area contributed by atoms with E-state index >= 15 is 0 Å². The number of esters is 1. The van der Waals surface area contributed by atoms with Crippen LogP contribution >= 0.6 is 0 Å². The van der Waals surface area contributed by atoms with Crippen LogP contribution in [0.3, 0.4) is 0 Å². The average molecular weight is 854 g/mol. The van der Waals surface area contributed by atoms with E-state index in [0.29, 0.717) is 24.1 Å². The van der Waals surface area contributed by atoms with Crippen LogP contribution in [-0.2, 0) is 30.3 Å². The summed E-state index contributed by atoms with van der Waals surface area (Å²) < 4.78 is 15.7. The number of carbonyl (C=O) groups is 6. The van der Waals surface area contributed by atoms with Gasteiger partial charge in [0.05, 0.1) is 18.2 Å². The number of anilines is 2. The highest BCUT2D eigenvalue weighted by molar-refractivity contribution is 6.05. The van der Waals surface area contributed by atoms with Gasteiger partial charge in [0.2, 0.25) is 11.8 Å². The number of likely N-dealkylation sites (tertiary alicyclic amines) is 2. The maximum Gasteiger partial charge on any atom is 0.410 e. The summed E-state index contributed by atoms with van der Waals surface area (Å²) in [7, 11) is 1.31. The number of benzene rings is 2. The van der Waals surface area contributed by atoms with Gasteiger partial charge in [0.1, 0.15) is 23.3 Å². The van der Waals surface area contributed by atoms with Crippen LogP contribution in [0.15, 0.2) is 36.4 Å². The first kappa shape index (κ1) is 44.2. The number of fused-ring (bicyclic) bond motifs is 1. The number of carbonyl (C=O) groups excluding carboxylic acids is 6. The summed E-state index contributed by atoms with van der Waals surface area (Å²) >= 11 is 0. The molecule has 0 radical (unpaired) electrons. The van der Waals surface area contributed by atoms with Gasteiger partial charge in [0, 0.05) is 93.1 Å². The minimum Gasteiger partial charge on any atom is -0.465 e. The van der Waals surface area contributed by atoms with Gasteiger partial charge >= 0.3 is 18.2 Å². The van der Waals surface area contributed by atoms with Crippen molar-refractivity contribution in [3.8, 4) is 6.07 Å². The van der Waals surface area contributed by atoms with Crippen LogP contribution in [0.25, 0.3) is 0 Å². The van der Waals surface area contributed by atoms with Crippen molar-refractivity contribution in [2.24, 2.45) is 10.8 Å². The molecule has 2 aromatic rings. The van der Waals surface area contributed by atoms with E-state index in [1.807, 2.05) is 59.7 Å². The highest BCUT2D eigenvalue weighted by Gasteiger charge is 2.49. The molecule has 1 N–H and O–H groups in total. The van der Waals surface area contributed by atoms with Gasteiger partial charge in [-0.2, -0.15) is 5.26 Å². The van der Waals surface area contributed by atoms with E-state index in [0.717, 1.165) is 95.0 Å². The lowest BCUT2D eigenvalue weighted by Crippen LogP contribution is -2.62. The third-order valence-electron chi connectivity index (χ3n) is 12.8. The molecule has 8 rings (SSSR count). The first-order valence-electron chi connectivity index (χ1n) is 21.6. The van der Waals surface area contributed by atoms with E-state index in [1.165, 1.54) is 7.11 Å². The SMILES string of the molecule is CC(C)(C)OC(=O)N1CC2(CCN(c3ccc4c(c3)CN(C3CCC(=O)NC3=O)C4=O)CC2)C1.COC(=O)c1ccc(N2CCC3(CC2)CN(C(=O)OC(C)(C)C)C3)cc1C#N. The van der Waals surface area contributed by atoms with E-state index in [9.17, 15) is 34.0 Å². The summed E-state index contributed by atoms with van der Waals surface area (Å²) in [6, 6.07) is 12.6. The molecule has 6 aliphatic rings. The Morgan fingerprint density at radius 2 is 1.26 bits per heavy atom. The summed E-state index contributed by atoms with van der Waals surface area (Å²) in [4.78, 5) is 82.6. The summed E-state index contributed by atoms with van der Waals surface area (Å²) in [6.07, 6.45) is 4.12. The van der Waals surface area contributed by atoms with Gasteiger partial charge < -0.3 is 38.7 Å². The van der Waals surface area contributed by atoms with Crippen molar-refractivity contribution in [1.29, 1.82) is 5.26 Å². The van der Waals surface area contributed by atoms with Crippen molar-refractivity contribution in [2.75, 3.05) is 69.3 Å². The lowest BCUT2D eigenvalue weighted by Gasteiger charge is -2.54. The van der Waals surface area contributed by atoms with E-state index in [1.54, 1.807) is 26.8 Å². The zero-order chi connectivity index (χ0) is 44.8. The molecule has 16 heteroatoms. The number of methoxy groups -OCH3 is 1. The second-order valence-corrected chi connectivity index (χ2v) is 19.7. The number of piperidine rings is 3. The Bertz CT molecular complexity index is 2150. The number of amides is 5. The Kier molecular flexibility index (Phi) is 12.0. The zero-order valence-corrected chi connectivity index (χ0v) is 37.0. The minimum atomic E-state index is -0.595. The average Bonchev–Trinajstić information content (AvgIpc) is 3.52. The summed E-state index contributed by atoms with van der Waals surface area (Å²) in [5, 5.41) is 11.7. The largest absolute Gasteiger partial charge is 0.465 e. The summed E-state index contributed by atoms with van der Waals surface area (Å²) in [6.45, 7) is 18.1. The molecular weight excluding hydrogens is 795 g/mol. The van der Waals surface area contributed by atoms with Crippen LogP contribution in [0.2, 0.25) is 0 Å². The van der Waals surface area contributed by atoms with Gasteiger partial charge in [-0.05, 0) is 116 Å². The number of rotatable bonds is 4. The minimum absolute atomic E-state index is 0.148. The van der Waals surface area contributed by atoms with Crippen LogP contribution in [0.4, 0.5) is 21.0 Å². The highest BCUT2D eigenvalue weighted by Crippen LogP contribution is 2.44. The Morgan fingerprint density at radius 3 is 1.73 bits per heavy atom. The maximum absolute atomic E-state index is 12.9. The number of hydrogen-bond acceptors (Lipinski definition) is 12. The van der Waals surface area contributed by atoms with Crippen molar-refractivity contribution >= 4 is 47.3 Å². The van der Waals surface area contributed by atoms with Gasteiger partial charge in [-0.15, -0.1) is 0 Å². The quantitative estimate of drug-likeness (QED) is 0.233. The number of imide groups is 1. The third kappa shape index (κ3) is 9.46. The third-order valence-corrected chi connectivity index (χ3v) is 12.8. The number of nitrogens with one attached hydrogen (secondary N) is 1. The predicted octanol–water partition coefficient (Wildman–Crippen LogP) is 5.47. The fourth-order valence-electron chi connectivity index (χ4n) is 9.42. The van der Waals surface area contributed by atoms with Crippen molar-refractivity contribution in [3.05, 3.63) is 58.7 Å². The number of nitriles is 1. The van der Waals surface area contributed by atoms with Crippen molar-refractivity contribution in [1.82, 2.24) is 20.0 Å². The molecule has 16 nitrogen and oxygen atoms in total. The molecule has 6 heterocycles. The normalized spacial score (nSPS) is 21.5. The monoisotopic (exact) mass is 853 g/mol. The maximum atomic E-state index is 12.9. The lowest BCUT2D eigenvalue weighted by atomic mass is 9.72. The molecule has 0 saturated carbocycles. The number of nitrogens with zero attached hydrogens (tertiary/aromatic N) is 6. The van der Waals surface area contributed by atoms with Crippen LogP contribution < -0.4 is 15.1 Å². The van der Waals surface area contributed by atoms with Crippen LogP contribution in [0.5, 0.6) is 0 Å². The molecule has 0 aromatic heterocycles. The fourth-order valence-corrected chi connectivity index (χ4v) is 9.42. The molecule has 5 saturated heterocycles. The topological polar surface area (TPSA) is 182 Å². The molecule has 5 fully saturated rings. The summed E-state index contributed by atoms with van der Waals surface area (Å²) in [5.74, 6) is -1.32. The van der Waals surface area contributed by atoms with E-state index in [2.05, 4.69) is 27.3 Å². The summed E-state index contributed by atoms with van der Waals surface area (Å²) in [5.41, 5.74) is 3.56. The van der Waals surface area contributed by atoms with Gasteiger partial charge in [-0.25, -0.2) is 14.4 Å². The molecule has 1 unspecified atom stereocenters. The van der Waals surface area contributed by atoms with Crippen molar-refractivity contribution < 1.29 is 43.0 Å². The highest BCUT2D eigenvalue weighted by atomic mass is 16.6. The van der Waals surface area contributed by atoms with Crippen molar-refractivity contribution in [3.63, 3.8) is 0 Å². The lowest BCUT2D eigenvalue weighted by molar-refractivity contribution is -0.136. The molecule has 2 aromatic carbocycles. The molecular formula is C46H59N7O9. The molecule has 6 aliphatic heterocycles. The molecule has 1 atom stereocenters.